The van der Waals surface area contributed by atoms with Gasteiger partial charge in [-0.05, 0) is 80.1 Å². The summed E-state index contributed by atoms with van der Waals surface area (Å²) in [7, 11) is 2.99. The summed E-state index contributed by atoms with van der Waals surface area (Å²) in [5, 5.41) is 17.1. The number of anilines is 2. The number of hydrogen-bond donors (Lipinski definition) is 4. The zero-order valence-corrected chi connectivity index (χ0v) is 26.4. The molecule has 0 radical (unpaired) electrons. The van der Waals surface area contributed by atoms with Gasteiger partial charge >= 0.3 is 5.97 Å². The maximum Gasteiger partial charge on any atom is 0.335 e. The first-order valence-electron chi connectivity index (χ1n) is 14.1. The van der Waals surface area contributed by atoms with Gasteiger partial charge in [0.2, 0.25) is 5.91 Å². The van der Waals surface area contributed by atoms with Crippen molar-refractivity contribution in [1.82, 2.24) is 5.32 Å². The highest BCUT2D eigenvalue weighted by Crippen LogP contribution is 2.32. The number of rotatable bonds is 12. The van der Waals surface area contributed by atoms with Gasteiger partial charge in [0.1, 0.15) is 5.70 Å². The second kappa shape index (κ2) is 15.4. The molecule has 0 saturated carbocycles. The first-order chi connectivity index (χ1) is 22.1. The van der Waals surface area contributed by atoms with Gasteiger partial charge in [0.15, 0.2) is 11.5 Å². The molecule has 236 valence electrons. The molecule has 0 bridgehead atoms. The van der Waals surface area contributed by atoms with Crippen molar-refractivity contribution in [3.63, 3.8) is 0 Å². The molecule has 0 fully saturated rings. The number of carboxylic acid groups (broad SMARTS) is 1. The van der Waals surface area contributed by atoms with E-state index in [1.165, 1.54) is 44.2 Å². The topological polar surface area (TPSA) is 143 Å². The fraction of sp³-hybridized carbons (Fsp3) is 0.143. The Hall–Kier alpha value is -5.55. The van der Waals surface area contributed by atoms with E-state index >= 15 is 0 Å². The smallest absolute Gasteiger partial charge is 0.335 e. The van der Waals surface area contributed by atoms with Crippen LogP contribution in [0.15, 0.2) is 102 Å². The van der Waals surface area contributed by atoms with Crippen LogP contribution in [0, 0.1) is 6.92 Å². The van der Waals surface area contributed by atoms with E-state index in [9.17, 15) is 24.3 Å². The average molecular weight is 640 g/mol. The summed E-state index contributed by atoms with van der Waals surface area (Å²) in [6.07, 6.45) is 1.51. The van der Waals surface area contributed by atoms with E-state index in [0.29, 0.717) is 34.0 Å². The number of benzene rings is 4. The van der Waals surface area contributed by atoms with Gasteiger partial charge in [-0.15, -0.1) is 11.8 Å². The van der Waals surface area contributed by atoms with E-state index in [1.807, 2.05) is 0 Å². The number of aromatic carboxylic acids is 1. The Labute approximate surface area is 270 Å². The molecule has 1 atom stereocenters. The van der Waals surface area contributed by atoms with Crippen LogP contribution >= 0.6 is 11.8 Å². The number of thioether (sulfide) groups is 1. The molecule has 0 aliphatic rings. The Bertz CT molecular complexity index is 1770. The average Bonchev–Trinajstić information content (AvgIpc) is 3.06. The number of amides is 3. The van der Waals surface area contributed by atoms with E-state index in [4.69, 9.17) is 9.47 Å². The highest BCUT2D eigenvalue weighted by molar-refractivity contribution is 8.00. The molecule has 0 aromatic heterocycles. The molecule has 0 saturated heterocycles. The number of carbonyl (C=O) groups is 4. The van der Waals surface area contributed by atoms with Crippen LogP contribution in [0.5, 0.6) is 11.5 Å². The van der Waals surface area contributed by atoms with Crippen LogP contribution in [-0.2, 0) is 9.59 Å². The van der Waals surface area contributed by atoms with Gasteiger partial charge in [-0.3, -0.25) is 14.4 Å². The molecule has 4 N–H and O–H groups in total. The van der Waals surface area contributed by atoms with Gasteiger partial charge in [0.25, 0.3) is 11.8 Å². The van der Waals surface area contributed by atoms with Crippen LogP contribution < -0.4 is 25.4 Å². The van der Waals surface area contributed by atoms with Gasteiger partial charge < -0.3 is 30.5 Å². The Morgan fingerprint density at radius 3 is 2.20 bits per heavy atom. The van der Waals surface area contributed by atoms with Gasteiger partial charge in [-0.25, -0.2) is 4.79 Å². The Morgan fingerprint density at radius 2 is 1.54 bits per heavy atom. The predicted octanol–water partition coefficient (Wildman–Crippen LogP) is 6.24. The normalized spacial score (nSPS) is 11.6. The number of hydrogen-bond acceptors (Lipinski definition) is 7. The zero-order valence-electron chi connectivity index (χ0n) is 25.6. The summed E-state index contributed by atoms with van der Waals surface area (Å²) in [5.41, 5.74) is 2.60. The standard InChI is InChI=1S/C35H33N3O7S/c1-21-13-14-25(35(42)43)20-28(21)37-32(39)22(2)46-27-17-15-26(16-18-27)36-34(41)29(38-33(40)23-9-6-5-7-10-23)19-24-11-8-12-30(44-3)31(24)45-4/h5-20,22H,1-4H3,(H,36,41)(H,37,39)(H,38,40)(H,42,43)/b29-19-. The van der Waals surface area contributed by atoms with E-state index < -0.39 is 23.0 Å². The van der Waals surface area contributed by atoms with Crippen molar-refractivity contribution in [2.24, 2.45) is 0 Å². The zero-order chi connectivity index (χ0) is 33.2. The number of carboxylic acids is 1. The van der Waals surface area contributed by atoms with E-state index in [1.54, 1.807) is 92.7 Å². The molecule has 0 heterocycles. The molecule has 0 aliphatic carbocycles. The summed E-state index contributed by atoms with van der Waals surface area (Å²) in [5.74, 6) is -1.54. The molecule has 10 nitrogen and oxygen atoms in total. The fourth-order valence-electron chi connectivity index (χ4n) is 4.32. The summed E-state index contributed by atoms with van der Waals surface area (Å²) in [6.45, 7) is 3.53. The van der Waals surface area contributed by atoms with E-state index in [2.05, 4.69) is 16.0 Å². The van der Waals surface area contributed by atoms with Crippen LogP contribution in [0.3, 0.4) is 0 Å². The molecule has 3 amide bonds. The molecule has 4 aromatic carbocycles. The molecule has 11 heteroatoms. The SMILES string of the molecule is COc1cccc(/C=C(\NC(=O)c2ccccc2)C(=O)Nc2ccc(SC(C)C(=O)Nc3cc(C(=O)O)ccc3C)cc2)c1OC. The second-order valence-electron chi connectivity index (χ2n) is 10.0. The van der Waals surface area contributed by atoms with E-state index in [0.717, 1.165) is 10.5 Å². The first-order valence-corrected chi connectivity index (χ1v) is 15.0. The van der Waals surface area contributed by atoms with Crippen molar-refractivity contribution in [3.8, 4) is 11.5 Å². The number of nitrogens with one attached hydrogen (secondary N) is 3. The highest BCUT2D eigenvalue weighted by Gasteiger charge is 2.19. The van der Waals surface area contributed by atoms with Gasteiger partial charge in [-0.2, -0.15) is 0 Å². The lowest BCUT2D eigenvalue weighted by Crippen LogP contribution is -2.30. The highest BCUT2D eigenvalue weighted by atomic mass is 32.2. The van der Waals surface area contributed by atoms with Crippen molar-refractivity contribution in [1.29, 1.82) is 0 Å². The lowest BCUT2D eigenvalue weighted by molar-refractivity contribution is -0.115. The Balaban J connectivity index is 1.49. The predicted molar refractivity (Wildman–Crippen MR) is 179 cm³/mol. The third kappa shape index (κ3) is 8.54. The lowest BCUT2D eigenvalue weighted by atomic mass is 10.1. The summed E-state index contributed by atoms with van der Waals surface area (Å²) < 4.78 is 10.9. The minimum Gasteiger partial charge on any atom is -0.493 e. The van der Waals surface area contributed by atoms with E-state index in [-0.39, 0.29) is 17.2 Å². The second-order valence-corrected chi connectivity index (χ2v) is 11.4. The third-order valence-corrected chi connectivity index (χ3v) is 7.91. The number of ether oxygens (including phenoxy) is 2. The van der Waals surface area contributed by atoms with Gasteiger partial charge in [0.05, 0.1) is 25.0 Å². The van der Waals surface area contributed by atoms with Crippen LogP contribution in [0.1, 0.15) is 38.8 Å². The number of para-hydroxylation sites is 1. The summed E-state index contributed by atoms with van der Waals surface area (Å²) in [4.78, 5) is 51.5. The summed E-state index contributed by atoms with van der Waals surface area (Å²) >= 11 is 1.30. The molecular weight excluding hydrogens is 606 g/mol. The molecule has 4 aromatic rings. The molecule has 4 rings (SSSR count). The third-order valence-electron chi connectivity index (χ3n) is 6.80. The van der Waals surface area contributed by atoms with Crippen LogP contribution in [0.25, 0.3) is 6.08 Å². The van der Waals surface area contributed by atoms with Gasteiger partial charge in [0, 0.05) is 27.4 Å². The van der Waals surface area contributed by atoms with Crippen molar-refractivity contribution < 1.29 is 33.8 Å². The maximum atomic E-state index is 13.5. The molecule has 0 aliphatic heterocycles. The molecular formula is C35H33N3O7S. The van der Waals surface area contributed by atoms with Crippen LogP contribution in [0.2, 0.25) is 0 Å². The minimum absolute atomic E-state index is 0.0218. The van der Waals surface area contributed by atoms with Crippen molar-refractivity contribution >= 4 is 52.9 Å². The molecule has 46 heavy (non-hydrogen) atoms. The largest absolute Gasteiger partial charge is 0.493 e. The number of methoxy groups -OCH3 is 2. The van der Waals surface area contributed by atoms with Crippen molar-refractivity contribution in [3.05, 3.63) is 119 Å². The van der Waals surface area contributed by atoms with Crippen molar-refractivity contribution in [2.45, 2.75) is 24.0 Å². The minimum atomic E-state index is -1.08. The number of carbonyl (C=O) groups excluding carboxylic acids is 3. The maximum absolute atomic E-state index is 13.5. The monoisotopic (exact) mass is 639 g/mol. The quantitative estimate of drug-likeness (QED) is 0.105. The molecule has 1 unspecified atom stereocenters. The van der Waals surface area contributed by atoms with Crippen LogP contribution in [0.4, 0.5) is 11.4 Å². The lowest BCUT2D eigenvalue weighted by Gasteiger charge is -2.15. The Kier molecular flexibility index (Phi) is 11.2. The first kappa shape index (κ1) is 33.3. The summed E-state index contributed by atoms with van der Waals surface area (Å²) in [6, 6.07) is 25.2. The number of aryl methyl sites for hydroxylation is 1. The molecule has 0 spiro atoms. The van der Waals surface area contributed by atoms with Crippen molar-refractivity contribution in [2.75, 3.05) is 24.9 Å². The van der Waals surface area contributed by atoms with Gasteiger partial charge in [-0.1, -0.05) is 36.4 Å². The Morgan fingerprint density at radius 1 is 0.826 bits per heavy atom. The van der Waals surface area contributed by atoms with Crippen LogP contribution in [-0.4, -0.2) is 48.3 Å². The fourth-order valence-corrected chi connectivity index (χ4v) is 5.19.